The van der Waals surface area contributed by atoms with Crippen LogP contribution in [-0.4, -0.2) is 71.6 Å². The number of aryl methyl sites for hydroxylation is 1. The number of aliphatic hydroxyl groups excluding tert-OH is 1. The summed E-state index contributed by atoms with van der Waals surface area (Å²) in [5, 5.41) is 12.8. The van der Waals surface area contributed by atoms with Crippen molar-refractivity contribution < 1.29 is 14.7 Å². The van der Waals surface area contributed by atoms with Crippen LogP contribution >= 0.6 is 0 Å². The molecule has 1 aromatic rings. The van der Waals surface area contributed by atoms with E-state index in [-0.39, 0.29) is 24.3 Å². The molecule has 6 heteroatoms. The maximum atomic E-state index is 12.7. The number of carbonyl (C=O) groups is 2. The fraction of sp³-hybridized carbons (Fsp3) is 0.600. The zero-order valence-corrected chi connectivity index (χ0v) is 15.3. The smallest absolute Gasteiger partial charge is 0.240 e. The number of rotatable bonds is 6. The molecule has 2 aliphatic heterocycles. The number of nitrogens with zero attached hydrogens (tertiary/aromatic N) is 2. The molecule has 26 heavy (non-hydrogen) atoms. The van der Waals surface area contributed by atoms with Gasteiger partial charge in [-0.15, -0.1) is 0 Å². The van der Waals surface area contributed by atoms with Crippen LogP contribution < -0.4 is 5.32 Å². The highest BCUT2D eigenvalue weighted by Crippen LogP contribution is 2.14. The first-order valence-corrected chi connectivity index (χ1v) is 9.65. The van der Waals surface area contributed by atoms with Crippen molar-refractivity contribution in [2.24, 2.45) is 0 Å². The van der Waals surface area contributed by atoms with Gasteiger partial charge < -0.3 is 20.2 Å². The van der Waals surface area contributed by atoms with E-state index < -0.39 is 6.04 Å². The Balaban J connectivity index is 1.45. The van der Waals surface area contributed by atoms with E-state index in [1.165, 1.54) is 5.56 Å². The summed E-state index contributed by atoms with van der Waals surface area (Å²) >= 11 is 0. The highest BCUT2D eigenvalue weighted by Gasteiger charge is 2.32. The minimum absolute atomic E-state index is 0.00823. The minimum Gasteiger partial charge on any atom is -0.393 e. The Morgan fingerprint density at radius 3 is 2.62 bits per heavy atom. The van der Waals surface area contributed by atoms with Gasteiger partial charge in [0.2, 0.25) is 11.8 Å². The molecule has 1 unspecified atom stereocenters. The predicted octanol–water partition coefficient (Wildman–Crippen LogP) is 0.793. The average molecular weight is 359 g/mol. The number of carbonyl (C=O) groups excluding carboxylic acids is 2. The van der Waals surface area contributed by atoms with Gasteiger partial charge in [0, 0.05) is 32.7 Å². The van der Waals surface area contributed by atoms with Gasteiger partial charge in [0.05, 0.1) is 18.6 Å². The molecular weight excluding hydrogens is 330 g/mol. The normalized spacial score (nSPS) is 21.9. The predicted molar refractivity (Wildman–Crippen MR) is 99.6 cm³/mol. The maximum Gasteiger partial charge on any atom is 0.240 e. The van der Waals surface area contributed by atoms with Crippen LogP contribution in [0, 0.1) is 0 Å². The molecule has 3 rings (SSSR count). The van der Waals surface area contributed by atoms with Crippen molar-refractivity contribution in [2.45, 2.75) is 44.2 Å². The average Bonchev–Trinajstić information content (AvgIpc) is 2.66. The first kappa shape index (κ1) is 18.9. The summed E-state index contributed by atoms with van der Waals surface area (Å²) in [5.41, 5.74) is 1.29. The molecule has 2 fully saturated rings. The number of amides is 2. The summed E-state index contributed by atoms with van der Waals surface area (Å²) in [6.07, 6.45) is 3.06. The molecular formula is C20H29N3O3. The van der Waals surface area contributed by atoms with E-state index in [1.807, 2.05) is 23.1 Å². The van der Waals surface area contributed by atoms with Crippen molar-refractivity contribution in [3.05, 3.63) is 35.9 Å². The van der Waals surface area contributed by atoms with E-state index in [0.29, 0.717) is 32.5 Å². The van der Waals surface area contributed by atoms with E-state index in [2.05, 4.69) is 17.4 Å². The molecule has 2 heterocycles. The van der Waals surface area contributed by atoms with Gasteiger partial charge in [0.15, 0.2) is 0 Å². The Labute approximate surface area is 155 Å². The zero-order chi connectivity index (χ0) is 18.4. The summed E-state index contributed by atoms with van der Waals surface area (Å²) in [4.78, 5) is 28.8. The summed E-state index contributed by atoms with van der Waals surface area (Å²) in [7, 11) is 0. The second kappa shape index (κ2) is 9.14. The number of piperazine rings is 1. The summed E-state index contributed by atoms with van der Waals surface area (Å²) in [6, 6.07) is 9.88. The van der Waals surface area contributed by atoms with Gasteiger partial charge in [0.1, 0.15) is 0 Å². The lowest BCUT2D eigenvalue weighted by atomic mass is 10.0. The molecule has 2 N–H and O–H groups in total. The quantitative estimate of drug-likeness (QED) is 0.788. The molecule has 2 saturated heterocycles. The maximum absolute atomic E-state index is 12.7. The fourth-order valence-electron chi connectivity index (χ4n) is 3.71. The van der Waals surface area contributed by atoms with Crippen molar-refractivity contribution in [3.63, 3.8) is 0 Å². The van der Waals surface area contributed by atoms with Crippen LogP contribution in [0.3, 0.4) is 0 Å². The van der Waals surface area contributed by atoms with Gasteiger partial charge in [-0.3, -0.25) is 9.59 Å². The van der Waals surface area contributed by atoms with E-state index in [9.17, 15) is 14.7 Å². The number of hydrogen-bond donors (Lipinski definition) is 2. The number of piperidine rings is 1. The summed E-state index contributed by atoms with van der Waals surface area (Å²) in [6.45, 7) is 3.33. The first-order valence-electron chi connectivity index (χ1n) is 9.65. The Kier molecular flexibility index (Phi) is 6.63. The standard InChI is InChI=1S/C20H29N3O3/c24-17-8-12-22(13-9-17)19(25)15-18-20(26)23(14-10-21-18)11-4-7-16-5-2-1-3-6-16/h1-3,5-6,17-18,21,24H,4,7-15H2. The monoisotopic (exact) mass is 359 g/mol. The highest BCUT2D eigenvalue weighted by atomic mass is 16.3. The van der Waals surface area contributed by atoms with Crippen molar-refractivity contribution in [3.8, 4) is 0 Å². The fourth-order valence-corrected chi connectivity index (χ4v) is 3.71. The van der Waals surface area contributed by atoms with Crippen LogP contribution in [0.1, 0.15) is 31.2 Å². The molecule has 142 valence electrons. The zero-order valence-electron chi connectivity index (χ0n) is 15.3. The molecule has 0 radical (unpaired) electrons. The number of likely N-dealkylation sites (tertiary alicyclic amines) is 1. The molecule has 1 atom stereocenters. The lowest BCUT2D eigenvalue weighted by molar-refractivity contribution is -0.141. The second-order valence-corrected chi connectivity index (χ2v) is 7.24. The summed E-state index contributed by atoms with van der Waals surface area (Å²) in [5.74, 6) is 0.0450. The van der Waals surface area contributed by atoms with Crippen LogP contribution in [-0.2, 0) is 16.0 Å². The SMILES string of the molecule is O=C(CC1NCCN(CCCc2ccccc2)C1=O)N1CCC(O)CC1. The topological polar surface area (TPSA) is 72.9 Å². The molecule has 0 saturated carbocycles. The third kappa shape index (κ3) is 5.05. The van der Waals surface area contributed by atoms with Gasteiger partial charge in [-0.25, -0.2) is 0 Å². The number of hydrogen-bond acceptors (Lipinski definition) is 4. The third-order valence-corrected chi connectivity index (χ3v) is 5.31. The largest absolute Gasteiger partial charge is 0.393 e. The van der Waals surface area contributed by atoms with E-state index in [0.717, 1.165) is 25.9 Å². The molecule has 0 spiro atoms. The molecule has 2 amide bonds. The Hall–Kier alpha value is -1.92. The molecule has 0 aliphatic carbocycles. The van der Waals surface area contributed by atoms with Crippen molar-refractivity contribution in [1.82, 2.24) is 15.1 Å². The highest BCUT2D eigenvalue weighted by molar-refractivity contribution is 5.89. The molecule has 0 aromatic heterocycles. The van der Waals surface area contributed by atoms with Crippen LogP contribution in [0.5, 0.6) is 0 Å². The van der Waals surface area contributed by atoms with E-state index >= 15 is 0 Å². The van der Waals surface area contributed by atoms with Crippen LogP contribution in [0.25, 0.3) is 0 Å². The lowest BCUT2D eigenvalue weighted by Crippen LogP contribution is -2.56. The van der Waals surface area contributed by atoms with Gasteiger partial charge in [-0.1, -0.05) is 30.3 Å². The summed E-state index contributed by atoms with van der Waals surface area (Å²) < 4.78 is 0. The van der Waals surface area contributed by atoms with Gasteiger partial charge in [-0.05, 0) is 31.2 Å². The number of aliphatic hydroxyl groups is 1. The third-order valence-electron chi connectivity index (χ3n) is 5.31. The van der Waals surface area contributed by atoms with E-state index in [4.69, 9.17) is 0 Å². The van der Waals surface area contributed by atoms with Gasteiger partial charge >= 0.3 is 0 Å². The molecule has 2 aliphatic rings. The van der Waals surface area contributed by atoms with Crippen molar-refractivity contribution >= 4 is 11.8 Å². The van der Waals surface area contributed by atoms with Gasteiger partial charge in [0.25, 0.3) is 0 Å². The van der Waals surface area contributed by atoms with Crippen molar-refractivity contribution in [2.75, 3.05) is 32.7 Å². The second-order valence-electron chi connectivity index (χ2n) is 7.24. The first-order chi connectivity index (χ1) is 12.6. The van der Waals surface area contributed by atoms with Gasteiger partial charge in [-0.2, -0.15) is 0 Å². The van der Waals surface area contributed by atoms with Crippen molar-refractivity contribution in [1.29, 1.82) is 0 Å². The lowest BCUT2D eigenvalue weighted by Gasteiger charge is -2.35. The molecule has 1 aromatic carbocycles. The Morgan fingerprint density at radius 2 is 1.88 bits per heavy atom. The molecule has 0 bridgehead atoms. The number of benzene rings is 1. The van der Waals surface area contributed by atoms with E-state index in [1.54, 1.807) is 4.90 Å². The Bertz CT molecular complexity index is 600. The minimum atomic E-state index is -0.417. The number of nitrogens with one attached hydrogen (secondary N) is 1. The Morgan fingerprint density at radius 1 is 1.15 bits per heavy atom. The van der Waals surface area contributed by atoms with Crippen LogP contribution in [0.2, 0.25) is 0 Å². The molecule has 6 nitrogen and oxygen atoms in total. The van der Waals surface area contributed by atoms with Crippen LogP contribution in [0.15, 0.2) is 30.3 Å². The van der Waals surface area contributed by atoms with Crippen LogP contribution in [0.4, 0.5) is 0 Å².